The van der Waals surface area contributed by atoms with Crippen LogP contribution >= 0.6 is 15.9 Å². The van der Waals surface area contributed by atoms with Gasteiger partial charge in [0.2, 0.25) is 5.91 Å². The van der Waals surface area contributed by atoms with Crippen LogP contribution in [0.25, 0.3) is 0 Å². The fraction of sp³-hybridized carbons (Fsp3) is 0.917. The molecule has 0 aliphatic heterocycles. The lowest BCUT2D eigenvalue weighted by molar-refractivity contribution is -0.122. The topological polar surface area (TPSA) is 29.1 Å². The van der Waals surface area contributed by atoms with Gasteiger partial charge in [0.15, 0.2) is 0 Å². The van der Waals surface area contributed by atoms with Crippen molar-refractivity contribution in [3.05, 3.63) is 0 Å². The fourth-order valence-electron chi connectivity index (χ4n) is 1.77. The summed E-state index contributed by atoms with van der Waals surface area (Å²) in [5.41, 5.74) is 0.311. The smallest absolute Gasteiger partial charge is 0.223 e. The van der Waals surface area contributed by atoms with Gasteiger partial charge < -0.3 is 5.32 Å². The molecule has 1 N–H and O–H groups in total. The number of carbonyl (C=O) groups is 1. The monoisotopic (exact) mass is 275 g/mol. The number of amides is 1. The number of carbonyl (C=O) groups excluding carboxylic acids is 1. The second-order valence-electron chi connectivity index (χ2n) is 5.93. The number of nitrogens with one attached hydrogen (secondary N) is 1. The molecule has 88 valence electrons. The first kappa shape index (κ1) is 13.0. The Hall–Kier alpha value is -0.0500. The van der Waals surface area contributed by atoms with Crippen molar-refractivity contribution in [1.82, 2.24) is 5.32 Å². The molecule has 3 heteroatoms. The minimum atomic E-state index is 0.237. The van der Waals surface area contributed by atoms with E-state index in [4.69, 9.17) is 0 Å². The van der Waals surface area contributed by atoms with E-state index in [-0.39, 0.29) is 5.91 Å². The minimum absolute atomic E-state index is 0.237. The quantitative estimate of drug-likeness (QED) is 0.786. The van der Waals surface area contributed by atoms with Gasteiger partial charge in [0.25, 0.3) is 0 Å². The molecule has 3 atom stereocenters. The zero-order valence-electron chi connectivity index (χ0n) is 10.1. The molecule has 0 aromatic carbocycles. The van der Waals surface area contributed by atoms with Gasteiger partial charge in [-0.15, -0.1) is 0 Å². The molecular formula is C12H22BrNO. The summed E-state index contributed by atoms with van der Waals surface area (Å²) in [4.78, 5) is 11.9. The van der Waals surface area contributed by atoms with Crippen LogP contribution in [0.2, 0.25) is 0 Å². The van der Waals surface area contributed by atoms with Gasteiger partial charge in [-0.1, -0.05) is 43.6 Å². The standard InChI is InChI=1S/C12H22BrNO/c1-8-5-10(8)11(15)14-7-9(13)6-12(2,3)4/h8-10H,5-7H2,1-4H3,(H,14,15). The van der Waals surface area contributed by atoms with Crippen molar-refractivity contribution >= 4 is 21.8 Å². The van der Waals surface area contributed by atoms with E-state index in [0.29, 0.717) is 22.1 Å². The molecule has 0 spiro atoms. The van der Waals surface area contributed by atoms with Gasteiger partial charge in [-0.3, -0.25) is 4.79 Å². The van der Waals surface area contributed by atoms with E-state index in [1.807, 2.05) is 0 Å². The van der Waals surface area contributed by atoms with Crippen LogP contribution in [0.1, 0.15) is 40.5 Å². The Balaban J connectivity index is 2.16. The van der Waals surface area contributed by atoms with E-state index in [1.54, 1.807) is 0 Å². The molecule has 1 aliphatic rings. The third-order valence-corrected chi connectivity index (χ3v) is 3.43. The Morgan fingerprint density at radius 1 is 1.53 bits per heavy atom. The first-order valence-corrected chi connectivity index (χ1v) is 6.63. The summed E-state index contributed by atoms with van der Waals surface area (Å²) < 4.78 is 0. The normalized spacial score (nSPS) is 27.3. The number of rotatable bonds is 4. The molecule has 1 saturated carbocycles. The van der Waals surface area contributed by atoms with Gasteiger partial charge in [-0.25, -0.2) is 0 Å². The highest BCUT2D eigenvalue weighted by Gasteiger charge is 2.38. The van der Waals surface area contributed by atoms with E-state index in [1.165, 1.54) is 0 Å². The van der Waals surface area contributed by atoms with Crippen LogP contribution in [0.3, 0.4) is 0 Å². The average molecular weight is 276 g/mol. The van der Waals surface area contributed by atoms with E-state index in [2.05, 4.69) is 48.9 Å². The van der Waals surface area contributed by atoms with E-state index < -0.39 is 0 Å². The Morgan fingerprint density at radius 3 is 2.47 bits per heavy atom. The second kappa shape index (κ2) is 4.86. The summed E-state index contributed by atoms with van der Waals surface area (Å²) >= 11 is 3.61. The van der Waals surface area contributed by atoms with E-state index in [9.17, 15) is 4.79 Å². The molecule has 3 unspecified atom stereocenters. The van der Waals surface area contributed by atoms with Crippen molar-refractivity contribution in [2.24, 2.45) is 17.3 Å². The zero-order chi connectivity index (χ0) is 11.6. The Kier molecular flexibility index (Phi) is 4.21. The highest BCUT2D eigenvalue weighted by molar-refractivity contribution is 9.09. The summed E-state index contributed by atoms with van der Waals surface area (Å²) in [7, 11) is 0. The van der Waals surface area contributed by atoms with Gasteiger partial charge in [0, 0.05) is 17.3 Å². The Morgan fingerprint density at radius 2 is 2.07 bits per heavy atom. The lowest BCUT2D eigenvalue weighted by Gasteiger charge is -2.22. The lowest BCUT2D eigenvalue weighted by Crippen LogP contribution is -2.32. The van der Waals surface area contributed by atoms with Crippen LogP contribution in [0.15, 0.2) is 0 Å². The maximum absolute atomic E-state index is 11.6. The van der Waals surface area contributed by atoms with Gasteiger partial charge in [-0.05, 0) is 24.2 Å². The van der Waals surface area contributed by atoms with Gasteiger partial charge in [0.1, 0.15) is 0 Å². The van der Waals surface area contributed by atoms with Crippen molar-refractivity contribution < 1.29 is 4.79 Å². The van der Waals surface area contributed by atoms with Crippen LogP contribution < -0.4 is 5.32 Å². The largest absolute Gasteiger partial charge is 0.355 e. The van der Waals surface area contributed by atoms with Crippen LogP contribution in [0.4, 0.5) is 0 Å². The molecule has 1 aliphatic carbocycles. The third-order valence-electron chi connectivity index (χ3n) is 2.78. The molecule has 2 nitrogen and oxygen atoms in total. The summed E-state index contributed by atoms with van der Waals surface area (Å²) in [6.07, 6.45) is 2.14. The van der Waals surface area contributed by atoms with E-state index in [0.717, 1.165) is 19.4 Å². The molecule has 0 bridgehead atoms. The molecule has 1 amide bonds. The van der Waals surface area contributed by atoms with Crippen molar-refractivity contribution in [3.63, 3.8) is 0 Å². The van der Waals surface area contributed by atoms with Crippen molar-refractivity contribution in [2.45, 2.75) is 45.4 Å². The van der Waals surface area contributed by atoms with Gasteiger partial charge in [0.05, 0.1) is 0 Å². The highest BCUT2D eigenvalue weighted by atomic mass is 79.9. The highest BCUT2D eigenvalue weighted by Crippen LogP contribution is 2.37. The first-order valence-electron chi connectivity index (χ1n) is 5.71. The van der Waals surface area contributed by atoms with Gasteiger partial charge in [-0.2, -0.15) is 0 Å². The summed E-state index contributed by atoms with van der Waals surface area (Å²) in [6.45, 7) is 9.52. The molecule has 1 fully saturated rings. The molecule has 15 heavy (non-hydrogen) atoms. The summed E-state index contributed by atoms with van der Waals surface area (Å²) in [5.74, 6) is 1.13. The number of hydrogen-bond acceptors (Lipinski definition) is 1. The van der Waals surface area contributed by atoms with Crippen molar-refractivity contribution in [3.8, 4) is 0 Å². The second-order valence-corrected chi connectivity index (χ2v) is 7.22. The Bertz CT molecular complexity index is 234. The predicted molar refractivity (Wildman–Crippen MR) is 67.1 cm³/mol. The molecule has 0 radical (unpaired) electrons. The third kappa shape index (κ3) is 5.01. The summed E-state index contributed by atoms with van der Waals surface area (Å²) in [5, 5.41) is 3.01. The Labute approximate surface area is 101 Å². The number of halogens is 1. The van der Waals surface area contributed by atoms with Crippen LogP contribution in [0, 0.1) is 17.3 Å². The van der Waals surface area contributed by atoms with Crippen LogP contribution in [-0.2, 0) is 4.79 Å². The maximum Gasteiger partial charge on any atom is 0.223 e. The maximum atomic E-state index is 11.6. The predicted octanol–water partition coefficient (Wildman–Crippen LogP) is 2.96. The SMILES string of the molecule is CC1CC1C(=O)NCC(Br)CC(C)(C)C. The van der Waals surface area contributed by atoms with E-state index >= 15 is 0 Å². The fourth-order valence-corrected chi connectivity index (χ4v) is 2.90. The van der Waals surface area contributed by atoms with Gasteiger partial charge >= 0.3 is 0 Å². The zero-order valence-corrected chi connectivity index (χ0v) is 11.7. The summed E-state index contributed by atoms with van der Waals surface area (Å²) in [6, 6.07) is 0. The molecule has 0 heterocycles. The van der Waals surface area contributed by atoms with Crippen molar-refractivity contribution in [2.75, 3.05) is 6.54 Å². The molecule has 0 aromatic rings. The number of alkyl halides is 1. The molecule has 0 aromatic heterocycles. The molecular weight excluding hydrogens is 254 g/mol. The molecule has 0 saturated heterocycles. The average Bonchev–Trinajstić information content (AvgIpc) is 2.75. The van der Waals surface area contributed by atoms with Crippen LogP contribution in [0.5, 0.6) is 0 Å². The number of hydrogen-bond donors (Lipinski definition) is 1. The lowest BCUT2D eigenvalue weighted by atomic mass is 9.90. The van der Waals surface area contributed by atoms with Crippen LogP contribution in [-0.4, -0.2) is 17.3 Å². The van der Waals surface area contributed by atoms with Crippen molar-refractivity contribution in [1.29, 1.82) is 0 Å². The minimum Gasteiger partial charge on any atom is -0.355 e. The molecule has 1 rings (SSSR count). The first-order chi connectivity index (χ1) is 6.79.